The summed E-state index contributed by atoms with van der Waals surface area (Å²) in [5.41, 5.74) is 2.15. The quantitative estimate of drug-likeness (QED) is 0.585. The molecule has 1 saturated heterocycles. The molecule has 2 heterocycles. The van der Waals surface area contributed by atoms with Gasteiger partial charge >= 0.3 is 0 Å². The minimum absolute atomic E-state index is 0.0464. The number of carbonyl (C=O) groups excluding carboxylic acids is 2. The van der Waals surface area contributed by atoms with Gasteiger partial charge in [0.15, 0.2) is 11.5 Å². The van der Waals surface area contributed by atoms with Gasteiger partial charge in [0, 0.05) is 31.7 Å². The topological polar surface area (TPSA) is 71.6 Å². The Hall–Kier alpha value is -3.26. The van der Waals surface area contributed by atoms with E-state index < -0.39 is 12.0 Å². The molecule has 0 N–H and O–H groups in total. The van der Waals surface area contributed by atoms with E-state index in [4.69, 9.17) is 14.2 Å². The minimum atomic E-state index is -0.545. The summed E-state index contributed by atoms with van der Waals surface area (Å²) in [5.74, 6) is 0.911. The van der Waals surface area contributed by atoms with Crippen molar-refractivity contribution in [2.75, 3.05) is 61.1 Å². The van der Waals surface area contributed by atoms with Crippen molar-refractivity contribution in [3.8, 4) is 17.2 Å². The lowest BCUT2D eigenvalue weighted by Gasteiger charge is -2.43. The van der Waals surface area contributed by atoms with Gasteiger partial charge in [-0.1, -0.05) is 25.1 Å². The highest BCUT2D eigenvalue weighted by molar-refractivity contribution is 6.01. The van der Waals surface area contributed by atoms with Crippen molar-refractivity contribution in [2.24, 2.45) is 0 Å². The fourth-order valence-electron chi connectivity index (χ4n) is 5.45. The van der Waals surface area contributed by atoms with Crippen LogP contribution >= 0.6 is 0 Å². The highest BCUT2D eigenvalue weighted by Gasteiger charge is 2.45. The van der Waals surface area contributed by atoms with E-state index >= 15 is 0 Å². The van der Waals surface area contributed by atoms with Gasteiger partial charge in [0.25, 0.3) is 5.91 Å². The minimum Gasteiger partial charge on any atom is -0.493 e. The smallest absolute Gasteiger partial charge is 0.254 e. The van der Waals surface area contributed by atoms with E-state index in [1.807, 2.05) is 53.1 Å². The molecule has 0 aromatic heterocycles. The van der Waals surface area contributed by atoms with Crippen LogP contribution in [-0.2, 0) is 4.79 Å². The van der Waals surface area contributed by atoms with Crippen LogP contribution in [-0.4, -0.2) is 87.6 Å². The third-order valence-corrected chi connectivity index (χ3v) is 7.23. The van der Waals surface area contributed by atoms with Crippen molar-refractivity contribution in [3.63, 3.8) is 0 Å². The lowest BCUT2D eigenvalue weighted by Crippen LogP contribution is -2.49. The first kappa shape index (κ1) is 25.8. The molecule has 2 atom stereocenters. The SMILES string of the molecule is CCCN1C(=O)c2ccccc2C(C(=O)N2CCCN(C)CC2)C1c1cc(OC)c(OC)c(OC)c1. The molecule has 2 unspecified atom stereocenters. The van der Waals surface area contributed by atoms with Gasteiger partial charge in [-0.2, -0.15) is 0 Å². The first-order valence-corrected chi connectivity index (χ1v) is 12.6. The fraction of sp³-hybridized carbons (Fsp3) is 0.500. The number of ether oxygens (including phenoxy) is 3. The Balaban J connectivity index is 1.90. The van der Waals surface area contributed by atoms with Crippen LogP contribution in [0.3, 0.4) is 0 Å². The van der Waals surface area contributed by atoms with E-state index in [9.17, 15) is 9.59 Å². The van der Waals surface area contributed by atoms with Crippen LogP contribution in [0.25, 0.3) is 0 Å². The molecular weight excluding hydrogens is 458 g/mol. The Kier molecular flexibility index (Phi) is 8.04. The molecule has 8 nitrogen and oxygen atoms in total. The molecule has 2 aromatic carbocycles. The van der Waals surface area contributed by atoms with Crippen LogP contribution < -0.4 is 14.2 Å². The van der Waals surface area contributed by atoms with Crippen LogP contribution in [0.15, 0.2) is 36.4 Å². The van der Waals surface area contributed by atoms with Crippen molar-refractivity contribution < 1.29 is 23.8 Å². The Morgan fingerprint density at radius 2 is 1.67 bits per heavy atom. The summed E-state index contributed by atoms with van der Waals surface area (Å²) < 4.78 is 16.8. The molecule has 36 heavy (non-hydrogen) atoms. The standard InChI is InChI=1S/C28H37N3O5/c1-6-12-31-25(19-17-22(34-3)26(36-5)23(18-19)35-4)24(20-10-7-8-11-21(20)27(31)32)28(33)30-14-9-13-29(2)15-16-30/h7-8,10-11,17-18,24-25H,6,9,12-16H2,1-5H3. The maximum atomic E-state index is 14.3. The van der Waals surface area contributed by atoms with Crippen molar-refractivity contribution in [2.45, 2.75) is 31.7 Å². The Morgan fingerprint density at radius 1 is 0.972 bits per heavy atom. The summed E-state index contributed by atoms with van der Waals surface area (Å²) in [7, 11) is 6.79. The number of carbonyl (C=O) groups is 2. The molecule has 2 aliphatic heterocycles. The zero-order valence-electron chi connectivity index (χ0n) is 22.0. The zero-order chi connectivity index (χ0) is 25.8. The van der Waals surface area contributed by atoms with E-state index in [1.54, 1.807) is 21.3 Å². The van der Waals surface area contributed by atoms with E-state index in [0.717, 1.165) is 37.1 Å². The summed E-state index contributed by atoms with van der Waals surface area (Å²) in [6.07, 6.45) is 1.69. The number of hydrogen-bond donors (Lipinski definition) is 0. The molecule has 2 aliphatic rings. The van der Waals surface area contributed by atoms with Crippen molar-refractivity contribution in [3.05, 3.63) is 53.1 Å². The maximum absolute atomic E-state index is 14.3. The molecule has 0 radical (unpaired) electrons. The largest absolute Gasteiger partial charge is 0.493 e. The van der Waals surface area contributed by atoms with E-state index in [2.05, 4.69) is 11.9 Å². The predicted molar refractivity (Wildman–Crippen MR) is 138 cm³/mol. The maximum Gasteiger partial charge on any atom is 0.254 e. The molecule has 0 spiro atoms. The van der Waals surface area contributed by atoms with E-state index in [0.29, 0.717) is 42.4 Å². The second-order valence-electron chi connectivity index (χ2n) is 9.45. The van der Waals surface area contributed by atoms with Gasteiger partial charge in [-0.05, 0) is 55.8 Å². The van der Waals surface area contributed by atoms with Crippen LogP contribution in [0.4, 0.5) is 0 Å². The summed E-state index contributed by atoms with van der Waals surface area (Å²) in [4.78, 5) is 34.2. The van der Waals surface area contributed by atoms with Crippen molar-refractivity contribution in [1.29, 1.82) is 0 Å². The van der Waals surface area contributed by atoms with Crippen LogP contribution in [0.1, 0.15) is 53.2 Å². The predicted octanol–water partition coefficient (Wildman–Crippen LogP) is 3.57. The number of amides is 2. The Morgan fingerprint density at radius 3 is 2.31 bits per heavy atom. The molecule has 2 aromatic rings. The van der Waals surface area contributed by atoms with Crippen molar-refractivity contribution in [1.82, 2.24) is 14.7 Å². The average molecular weight is 496 g/mol. The van der Waals surface area contributed by atoms with Gasteiger partial charge in [0.1, 0.15) is 0 Å². The van der Waals surface area contributed by atoms with Crippen LogP contribution in [0.5, 0.6) is 17.2 Å². The molecule has 8 heteroatoms. The second kappa shape index (κ2) is 11.2. The molecule has 0 saturated carbocycles. The fourth-order valence-corrected chi connectivity index (χ4v) is 5.45. The number of fused-ring (bicyclic) bond motifs is 1. The van der Waals surface area contributed by atoms with Gasteiger partial charge in [-0.25, -0.2) is 0 Å². The first-order chi connectivity index (χ1) is 17.4. The number of likely N-dealkylation sites (N-methyl/N-ethyl adjacent to an activating group) is 1. The lowest BCUT2D eigenvalue weighted by atomic mass is 9.78. The molecule has 1 fully saturated rings. The Bertz CT molecular complexity index is 1080. The molecule has 2 amide bonds. The zero-order valence-corrected chi connectivity index (χ0v) is 22.0. The third-order valence-electron chi connectivity index (χ3n) is 7.23. The third kappa shape index (κ3) is 4.74. The van der Waals surface area contributed by atoms with E-state index in [1.165, 1.54) is 0 Å². The first-order valence-electron chi connectivity index (χ1n) is 12.6. The number of nitrogens with zero attached hydrogens (tertiary/aromatic N) is 3. The van der Waals surface area contributed by atoms with Gasteiger partial charge in [0.2, 0.25) is 11.7 Å². The van der Waals surface area contributed by atoms with Crippen LogP contribution in [0.2, 0.25) is 0 Å². The van der Waals surface area contributed by atoms with Gasteiger partial charge in [-0.3, -0.25) is 9.59 Å². The summed E-state index contributed by atoms with van der Waals surface area (Å²) in [6.45, 7) is 5.72. The molecule has 0 bridgehead atoms. The number of hydrogen-bond acceptors (Lipinski definition) is 6. The van der Waals surface area contributed by atoms with E-state index in [-0.39, 0.29) is 11.8 Å². The Labute approximate surface area is 213 Å². The number of methoxy groups -OCH3 is 3. The van der Waals surface area contributed by atoms with Gasteiger partial charge in [-0.15, -0.1) is 0 Å². The highest BCUT2D eigenvalue weighted by atomic mass is 16.5. The summed E-state index contributed by atoms with van der Waals surface area (Å²) in [6, 6.07) is 10.8. The normalized spacial score (nSPS) is 20.5. The lowest BCUT2D eigenvalue weighted by molar-refractivity contribution is -0.134. The summed E-state index contributed by atoms with van der Waals surface area (Å²) in [5, 5.41) is 0. The average Bonchev–Trinajstić information content (AvgIpc) is 3.13. The van der Waals surface area contributed by atoms with Gasteiger partial charge < -0.3 is 28.9 Å². The van der Waals surface area contributed by atoms with Crippen molar-refractivity contribution >= 4 is 11.8 Å². The second-order valence-corrected chi connectivity index (χ2v) is 9.45. The molecule has 194 valence electrons. The molecular formula is C28H37N3O5. The summed E-state index contributed by atoms with van der Waals surface area (Å²) >= 11 is 0. The van der Waals surface area contributed by atoms with Gasteiger partial charge in [0.05, 0.1) is 33.3 Å². The monoisotopic (exact) mass is 495 g/mol. The number of rotatable bonds is 7. The van der Waals surface area contributed by atoms with Crippen LogP contribution in [0, 0.1) is 0 Å². The molecule has 0 aliphatic carbocycles. The number of benzene rings is 2. The highest BCUT2D eigenvalue weighted by Crippen LogP contribution is 2.48. The molecule has 4 rings (SSSR count).